The molecule has 0 aromatic heterocycles. The number of ether oxygens (including phenoxy) is 1. The number of hydrogen-bond acceptors (Lipinski definition) is 3. The molecule has 0 aliphatic rings. The van der Waals surface area contributed by atoms with Gasteiger partial charge in [-0.1, -0.05) is 0 Å². The summed E-state index contributed by atoms with van der Waals surface area (Å²) in [4.78, 5) is 23.8. The molecule has 0 spiro atoms. The zero-order valence-electron chi connectivity index (χ0n) is 6.17. The van der Waals surface area contributed by atoms with Gasteiger partial charge in [-0.05, 0) is 0 Å². The summed E-state index contributed by atoms with van der Waals surface area (Å²) >= 11 is 0. The number of amides is 1. The number of hydrogen-bond donors (Lipinski definition) is 0. The Labute approximate surface area is 58.9 Å². The molecule has 0 aromatic rings. The molecule has 0 aliphatic carbocycles. The first kappa shape index (κ1) is 8.81. The molecule has 0 bridgehead atoms. The molecule has 56 valence electrons. The highest BCUT2D eigenvalue weighted by atomic mass is 16.5. The van der Waals surface area contributed by atoms with Gasteiger partial charge in [0.05, 0.1) is 0 Å². The normalized spacial score (nSPS) is 10.9. The van der Waals surface area contributed by atoms with Crippen LogP contribution in [0, 0.1) is 0 Å². The highest BCUT2D eigenvalue weighted by Crippen LogP contribution is 1.83. The van der Waals surface area contributed by atoms with Crippen molar-refractivity contribution in [2.45, 2.75) is 20.8 Å². The van der Waals surface area contributed by atoms with Crippen LogP contribution in [-0.4, -0.2) is 17.8 Å². The van der Waals surface area contributed by atoms with Gasteiger partial charge in [0.2, 0.25) is 5.91 Å². The van der Waals surface area contributed by atoms with Crippen molar-refractivity contribution >= 4 is 17.8 Å². The lowest BCUT2D eigenvalue weighted by atomic mass is 10.7. The van der Waals surface area contributed by atoms with Crippen LogP contribution in [0.5, 0.6) is 0 Å². The molecule has 10 heavy (non-hydrogen) atoms. The highest BCUT2D eigenvalue weighted by molar-refractivity contribution is 5.93. The molecule has 0 atom stereocenters. The Bertz CT molecular complexity index is 183. The summed E-state index contributed by atoms with van der Waals surface area (Å²) in [5.41, 5.74) is 0. The van der Waals surface area contributed by atoms with Crippen LogP contribution in [0.3, 0.4) is 0 Å². The van der Waals surface area contributed by atoms with Crippen LogP contribution < -0.4 is 0 Å². The third-order valence-electron chi connectivity index (χ3n) is 0.606. The van der Waals surface area contributed by atoms with Crippen molar-refractivity contribution < 1.29 is 14.3 Å². The van der Waals surface area contributed by atoms with E-state index < -0.39 is 5.97 Å². The van der Waals surface area contributed by atoms with E-state index in [1.54, 1.807) is 0 Å². The van der Waals surface area contributed by atoms with Gasteiger partial charge in [-0.2, -0.15) is 4.99 Å². The second-order valence-corrected chi connectivity index (χ2v) is 1.74. The van der Waals surface area contributed by atoms with Crippen molar-refractivity contribution in [3.05, 3.63) is 0 Å². The topological polar surface area (TPSA) is 55.7 Å². The number of rotatable bonds is 0. The largest absolute Gasteiger partial charge is 0.412 e. The summed E-state index contributed by atoms with van der Waals surface area (Å²) < 4.78 is 4.45. The maximum Gasteiger partial charge on any atom is 0.309 e. The fourth-order valence-corrected chi connectivity index (χ4v) is 0.453. The summed E-state index contributed by atoms with van der Waals surface area (Å²) in [7, 11) is 0. The second kappa shape index (κ2) is 3.76. The molecule has 4 heteroatoms. The molecular weight excluding hydrogens is 134 g/mol. The number of carbonyl (C=O) groups excluding carboxylic acids is 2. The lowest BCUT2D eigenvalue weighted by molar-refractivity contribution is -0.133. The van der Waals surface area contributed by atoms with E-state index >= 15 is 0 Å². The van der Waals surface area contributed by atoms with Gasteiger partial charge in [0.1, 0.15) is 0 Å². The summed E-state index contributed by atoms with van der Waals surface area (Å²) in [5.74, 6) is -0.763. The monoisotopic (exact) mass is 143 g/mol. The van der Waals surface area contributed by atoms with Gasteiger partial charge in [0.15, 0.2) is 5.90 Å². The average molecular weight is 143 g/mol. The van der Waals surface area contributed by atoms with Crippen LogP contribution in [-0.2, 0) is 14.3 Å². The average Bonchev–Trinajstić information content (AvgIpc) is 1.58. The van der Waals surface area contributed by atoms with E-state index in [2.05, 4.69) is 9.73 Å². The van der Waals surface area contributed by atoms with E-state index in [1.165, 1.54) is 20.8 Å². The van der Waals surface area contributed by atoms with E-state index in [0.29, 0.717) is 0 Å². The Kier molecular flexibility index (Phi) is 3.32. The summed E-state index contributed by atoms with van der Waals surface area (Å²) in [6.07, 6.45) is 0. The number of carbonyl (C=O) groups is 2. The first-order valence-corrected chi connectivity index (χ1v) is 2.76. The molecule has 0 saturated heterocycles. The van der Waals surface area contributed by atoms with Gasteiger partial charge in [-0.15, -0.1) is 0 Å². The molecule has 0 N–H and O–H groups in total. The smallest absolute Gasteiger partial charge is 0.309 e. The minimum absolute atomic E-state index is 0.0833. The van der Waals surface area contributed by atoms with Crippen LogP contribution in [0.2, 0.25) is 0 Å². The third kappa shape index (κ3) is 4.96. The minimum Gasteiger partial charge on any atom is -0.412 e. The first-order valence-electron chi connectivity index (χ1n) is 2.76. The molecule has 0 saturated carbocycles. The van der Waals surface area contributed by atoms with Crippen LogP contribution >= 0.6 is 0 Å². The molecule has 0 radical (unpaired) electrons. The van der Waals surface area contributed by atoms with Gasteiger partial charge in [0.25, 0.3) is 0 Å². The third-order valence-corrected chi connectivity index (χ3v) is 0.606. The van der Waals surface area contributed by atoms with E-state index in [9.17, 15) is 9.59 Å². The maximum atomic E-state index is 10.3. The van der Waals surface area contributed by atoms with Crippen LogP contribution in [0.25, 0.3) is 0 Å². The van der Waals surface area contributed by atoms with Crippen molar-refractivity contribution in [3.63, 3.8) is 0 Å². The van der Waals surface area contributed by atoms with Crippen molar-refractivity contribution in [2.75, 3.05) is 0 Å². The lowest BCUT2D eigenvalue weighted by Gasteiger charge is -1.95. The van der Waals surface area contributed by atoms with Crippen LogP contribution in [0.15, 0.2) is 4.99 Å². The quantitative estimate of drug-likeness (QED) is 0.282. The van der Waals surface area contributed by atoms with Crippen LogP contribution in [0.4, 0.5) is 0 Å². The number of aliphatic imine (C=N–C) groups is 1. The molecule has 0 rings (SSSR count). The molecule has 0 aromatic carbocycles. The van der Waals surface area contributed by atoms with E-state index in [-0.39, 0.29) is 11.8 Å². The summed E-state index contributed by atoms with van der Waals surface area (Å²) in [5, 5.41) is 0. The zero-order chi connectivity index (χ0) is 8.15. The van der Waals surface area contributed by atoms with E-state index in [1.807, 2.05) is 0 Å². The Morgan fingerprint density at radius 1 is 1.20 bits per heavy atom. The number of esters is 1. The number of nitrogens with zero attached hydrogens (tertiary/aromatic N) is 1. The summed E-state index contributed by atoms with van der Waals surface area (Å²) in [6.45, 7) is 3.98. The Morgan fingerprint density at radius 3 is 2.00 bits per heavy atom. The van der Waals surface area contributed by atoms with Crippen molar-refractivity contribution in [1.82, 2.24) is 0 Å². The highest BCUT2D eigenvalue weighted by Gasteiger charge is 1.96. The lowest BCUT2D eigenvalue weighted by Crippen LogP contribution is -2.06. The van der Waals surface area contributed by atoms with Gasteiger partial charge in [0, 0.05) is 20.8 Å². The van der Waals surface area contributed by atoms with Gasteiger partial charge in [-0.25, -0.2) is 0 Å². The fraction of sp³-hybridized carbons (Fsp3) is 0.500. The molecule has 0 aliphatic heterocycles. The zero-order valence-corrected chi connectivity index (χ0v) is 6.17. The predicted octanol–water partition coefficient (Wildman–Crippen LogP) is 0.514. The predicted molar refractivity (Wildman–Crippen MR) is 35.6 cm³/mol. The van der Waals surface area contributed by atoms with Crippen LogP contribution in [0.1, 0.15) is 20.8 Å². The Morgan fingerprint density at radius 2 is 1.70 bits per heavy atom. The van der Waals surface area contributed by atoms with E-state index in [0.717, 1.165) is 0 Å². The van der Waals surface area contributed by atoms with Gasteiger partial charge in [-0.3, -0.25) is 9.59 Å². The molecule has 4 nitrogen and oxygen atoms in total. The summed E-state index contributed by atoms with van der Waals surface area (Å²) in [6, 6.07) is 0. The fourth-order valence-electron chi connectivity index (χ4n) is 0.453. The van der Waals surface area contributed by atoms with Gasteiger partial charge < -0.3 is 4.74 Å². The van der Waals surface area contributed by atoms with Gasteiger partial charge >= 0.3 is 5.97 Å². The van der Waals surface area contributed by atoms with Crippen molar-refractivity contribution in [1.29, 1.82) is 0 Å². The molecule has 0 heterocycles. The Hall–Kier alpha value is -1.19. The second-order valence-electron chi connectivity index (χ2n) is 1.74. The van der Waals surface area contributed by atoms with Crippen molar-refractivity contribution in [3.8, 4) is 0 Å². The molecule has 1 amide bonds. The molecular formula is C6H9NO3. The van der Waals surface area contributed by atoms with E-state index in [4.69, 9.17) is 0 Å². The Balaban J connectivity index is 3.95. The standard InChI is InChI=1S/C6H9NO3/c1-4(8)7-5(2)10-6(3)9/h1-3H3. The molecule has 0 fully saturated rings. The van der Waals surface area contributed by atoms with Crippen molar-refractivity contribution in [2.24, 2.45) is 4.99 Å². The SMILES string of the molecule is CC(=O)N=C(C)OC(C)=O. The first-order chi connectivity index (χ1) is 4.52. The minimum atomic E-state index is -0.470. The molecule has 0 unspecified atom stereocenters. The maximum absolute atomic E-state index is 10.3.